The van der Waals surface area contributed by atoms with E-state index in [2.05, 4.69) is 31.9 Å². The summed E-state index contributed by atoms with van der Waals surface area (Å²) in [6, 6.07) is 13.6. The number of carbonyl (C=O) groups is 1. The molecule has 0 amide bonds. The summed E-state index contributed by atoms with van der Waals surface area (Å²) in [6.45, 7) is 0. The fourth-order valence-electron chi connectivity index (χ4n) is 5.28. The molecular weight excluding hydrogens is 1120 g/mol. The van der Waals surface area contributed by atoms with Crippen molar-refractivity contribution in [1.82, 2.24) is 0 Å². The minimum Gasteiger partial charge on any atom is 1.00 e. The number of benzene rings is 5. The molecule has 0 spiro atoms. The third-order valence-corrected chi connectivity index (χ3v) is 15.2. The molecule has 1 heterocycles. The molecule has 4 aromatic carbocycles. The average Bonchev–Trinajstić information content (AvgIpc) is 3.04. The van der Waals surface area contributed by atoms with Crippen LogP contribution < -0.4 is 83.6 Å². The number of hydrogen-bond acceptors (Lipinski definition) is 13. The van der Waals surface area contributed by atoms with Gasteiger partial charge in [0, 0.05) is 11.1 Å². The number of aromatic carboxylic acids is 1. The van der Waals surface area contributed by atoms with Crippen LogP contribution >= 0.6 is 31.9 Å². The predicted octanol–water partition coefficient (Wildman–Crippen LogP) is -3.69. The molecule has 0 fully saturated rings. The van der Waals surface area contributed by atoms with E-state index in [9.17, 15) is 48.1 Å². The smallest absolute Gasteiger partial charge is 1.00 e. The van der Waals surface area contributed by atoms with Crippen molar-refractivity contribution in [2.45, 2.75) is 14.7 Å². The molecular formula is C30H17Br2HgNNa2O15S3. The zero-order valence-corrected chi connectivity index (χ0v) is 42.5. The first-order chi connectivity index (χ1) is 24.0. The SMILES string of the molecule is Nc1cc(S(=O)(=O)O)cc2cc(S(=O)(=O)O)c(S(=O)(=O)O)cc12.O=C([O-])c1ccccc1-c1c2cc(Br)c(=O)cc-2oc2[c]([Hg][OH])c([O-])c(Br)cc12.[Na+].[Na+]. The summed E-state index contributed by atoms with van der Waals surface area (Å²) < 4.78 is 111. The van der Waals surface area contributed by atoms with Crippen molar-refractivity contribution < 1.29 is 145 Å². The summed E-state index contributed by atoms with van der Waals surface area (Å²) in [5.74, 6) is -1.52. The molecule has 0 bridgehead atoms. The molecule has 1 aliphatic heterocycles. The van der Waals surface area contributed by atoms with Crippen LogP contribution in [0.2, 0.25) is 0 Å². The molecule has 6 rings (SSSR count). The molecule has 16 nitrogen and oxygen atoms in total. The Hall–Kier alpha value is -1.51. The zero-order valence-electron chi connectivity index (χ0n) is 27.4. The molecule has 0 saturated heterocycles. The predicted molar refractivity (Wildman–Crippen MR) is 183 cm³/mol. The number of carboxylic acids is 1. The normalized spacial score (nSPS) is 11.6. The molecule has 6 N–H and O–H groups in total. The molecule has 0 atom stereocenters. The van der Waals surface area contributed by atoms with Gasteiger partial charge in [-0.2, -0.15) is 25.3 Å². The first-order valence-corrected chi connectivity index (χ1v) is 25.0. The van der Waals surface area contributed by atoms with Crippen molar-refractivity contribution in [1.29, 1.82) is 0 Å². The molecule has 4 aromatic rings. The van der Waals surface area contributed by atoms with E-state index in [0.29, 0.717) is 34.2 Å². The van der Waals surface area contributed by atoms with Gasteiger partial charge in [0.05, 0.1) is 4.90 Å². The van der Waals surface area contributed by atoms with Gasteiger partial charge in [-0.25, -0.2) is 0 Å². The van der Waals surface area contributed by atoms with Gasteiger partial charge in [0.1, 0.15) is 9.79 Å². The minimum absolute atomic E-state index is 0. The maximum absolute atomic E-state index is 12.5. The number of hydrogen-bond donors (Lipinski definition) is 5. The van der Waals surface area contributed by atoms with Crippen molar-refractivity contribution in [2.75, 3.05) is 5.73 Å². The van der Waals surface area contributed by atoms with E-state index < -0.39 is 76.0 Å². The first-order valence-electron chi connectivity index (χ1n) is 13.8. The number of halogens is 2. The third-order valence-electron chi connectivity index (χ3n) is 7.52. The standard InChI is InChI=1S/C20H9Br2O5.C10H9NO9S3.Hg.2Na.H2O/c21-13-5-11-17(7-15(13)23)27-18-8-16(24)14(22)6-12(18)19(11)9-3-1-2-4-10(9)20(25)26;11-8-3-6(21(12,13)14)1-5-2-9(22(15,16)17)10(4-7(5)8)23(18,19)20;;;;/h1-7,24H,(H,25,26);1-4H,11H2,(H,12,13,14)(H,15,16,17)(H,18,19,20);;;;1H2/q;;3*+1;/p-3. The van der Waals surface area contributed by atoms with Crippen LogP contribution in [-0.4, -0.2) is 47.9 Å². The number of nitrogens with two attached hydrogens (primary N) is 1. The third kappa shape index (κ3) is 9.60. The number of anilines is 1. The zero-order chi connectivity index (χ0) is 38.7. The Bertz CT molecular complexity index is 2870. The second kappa shape index (κ2) is 17.5. The Balaban J connectivity index is 0.000000288. The fraction of sp³-hybridized carbons (Fsp3) is 0. The summed E-state index contributed by atoms with van der Waals surface area (Å²) in [6.07, 6.45) is 0. The molecule has 0 aromatic heterocycles. The van der Waals surface area contributed by atoms with Crippen LogP contribution in [0.4, 0.5) is 5.69 Å². The van der Waals surface area contributed by atoms with Gasteiger partial charge in [0.15, 0.2) is 0 Å². The second-order valence-electron chi connectivity index (χ2n) is 10.7. The fourth-order valence-corrected chi connectivity index (χ4v) is 12.3. The Morgan fingerprint density at radius 2 is 1.37 bits per heavy atom. The van der Waals surface area contributed by atoms with E-state index in [1.165, 1.54) is 12.1 Å². The second-order valence-corrected chi connectivity index (χ2v) is 20.6. The van der Waals surface area contributed by atoms with E-state index in [1.807, 2.05) is 0 Å². The van der Waals surface area contributed by atoms with Gasteiger partial charge < -0.3 is 5.73 Å². The first kappa shape index (κ1) is 46.9. The quantitative estimate of drug-likeness (QED) is 0.0464. The van der Waals surface area contributed by atoms with Crippen LogP contribution in [-0.2, 0) is 55.4 Å². The van der Waals surface area contributed by atoms with Crippen LogP contribution in [0.3, 0.4) is 0 Å². The summed E-state index contributed by atoms with van der Waals surface area (Å²) in [5.41, 5.74) is 6.40. The van der Waals surface area contributed by atoms with Gasteiger partial charge in [0.25, 0.3) is 30.4 Å². The van der Waals surface area contributed by atoms with Gasteiger partial charge in [0.2, 0.25) is 0 Å². The van der Waals surface area contributed by atoms with Crippen LogP contribution in [0.25, 0.3) is 44.2 Å². The van der Waals surface area contributed by atoms with Crippen molar-refractivity contribution in [2.24, 2.45) is 0 Å². The van der Waals surface area contributed by atoms with E-state index in [4.69, 9.17) is 23.8 Å². The molecule has 54 heavy (non-hydrogen) atoms. The number of carbonyl (C=O) groups excluding carboxylic acids is 1. The van der Waals surface area contributed by atoms with Crippen molar-refractivity contribution >= 4 is 98.7 Å². The molecule has 0 saturated carbocycles. The van der Waals surface area contributed by atoms with Crippen molar-refractivity contribution in [3.8, 4) is 28.2 Å². The molecule has 24 heteroatoms. The number of rotatable bonds is 6. The van der Waals surface area contributed by atoms with Gasteiger partial charge in [-0.05, 0) is 29.7 Å². The Morgan fingerprint density at radius 3 is 1.93 bits per heavy atom. The summed E-state index contributed by atoms with van der Waals surface area (Å²) in [4.78, 5) is 20.9. The van der Waals surface area contributed by atoms with Crippen molar-refractivity contribution in [3.05, 3.63) is 91.5 Å². The topological polar surface area (TPSA) is 303 Å². The maximum Gasteiger partial charge on any atom is 1.00 e. The van der Waals surface area contributed by atoms with Crippen LogP contribution in [0, 0.1) is 0 Å². The Labute approximate surface area is 379 Å². The summed E-state index contributed by atoms with van der Waals surface area (Å²) in [5, 5.41) is 24.4. The molecule has 0 unspecified atom stereocenters. The largest absolute Gasteiger partial charge is 1.00 e. The monoisotopic (exact) mass is 1130 g/mol. The van der Waals surface area contributed by atoms with E-state index in [1.54, 1.807) is 30.3 Å². The Kier molecular flexibility index (Phi) is 15.2. The van der Waals surface area contributed by atoms with Crippen molar-refractivity contribution in [3.63, 3.8) is 0 Å². The maximum atomic E-state index is 12.5. The molecule has 1 aliphatic carbocycles. The van der Waals surface area contributed by atoms with Crippen LogP contribution in [0.1, 0.15) is 10.4 Å². The number of carboxylic acid groups (broad SMARTS) is 1. The van der Waals surface area contributed by atoms with E-state index in [-0.39, 0.29) is 116 Å². The molecule has 268 valence electrons. The summed E-state index contributed by atoms with van der Waals surface area (Å²) in [7, 11) is -14.8. The van der Waals surface area contributed by atoms with Crippen LogP contribution in [0.5, 0.6) is 5.75 Å². The van der Waals surface area contributed by atoms with E-state index >= 15 is 0 Å². The van der Waals surface area contributed by atoms with Gasteiger partial charge in [-0.15, -0.1) is 0 Å². The van der Waals surface area contributed by atoms with Gasteiger partial charge in [-0.1, -0.05) is 0 Å². The van der Waals surface area contributed by atoms with Gasteiger partial charge in [-0.3, -0.25) is 13.7 Å². The molecule has 2 aliphatic rings. The Morgan fingerprint density at radius 1 is 0.778 bits per heavy atom. The minimum atomic E-state index is -5.06. The number of fused-ring (bicyclic) bond motifs is 3. The van der Waals surface area contributed by atoms with Gasteiger partial charge >= 0.3 is 254 Å². The number of nitrogen functional groups attached to an aromatic ring is 1. The van der Waals surface area contributed by atoms with E-state index in [0.717, 1.165) is 12.1 Å². The average molecular weight is 1130 g/mol. The molecule has 0 radical (unpaired) electrons. The van der Waals surface area contributed by atoms with Crippen LogP contribution in [0.15, 0.2) is 99.6 Å². The summed E-state index contributed by atoms with van der Waals surface area (Å²) >= 11 is 3.71.